The van der Waals surface area contributed by atoms with E-state index in [0.29, 0.717) is 23.4 Å². The molecule has 1 saturated heterocycles. The molecule has 1 amide bonds. The molecule has 0 N–H and O–H groups in total. The van der Waals surface area contributed by atoms with Gasteiger partial charge in [0.1, 0.15) is 5.69 Å². The Labute approximate surface area is 201 Å². The number of hydrogen-bond donors (Lipinski definition) is 0. The van der Waals surface area contributed by atoms with Crippen LogP contribution < -0.4 is 0 Å². The third-order valence-electron chi connectivity index (χ3n) is 7.25. The summed E-state index contributed by atoms with van der Waals surface area (Å²) in [6, 6.07) is 18.6. The molecule has 0 spiro atoms. The molecule has 6 rings (SSSR count). The predicted octanol–water partition coefficient (Wildman–Crippen LogP) is 5.50. The second-order valence-electron chi connectivity index (χ2n) is 9.15. The van der Waals surface area contributed by atoms with Crippen molar-refractivity contribution in [3.63, 3.8) is 0 Å². The average molecular weight is 475 g/mol. The van der Waals surface area contributed by atoms with Gasteiger partial charge >= 0.3 is 0 Å². The number of piperidine rings is 1. The van der Waals surface area contributed by atoms with Gasteiger partial charge in [-0.15, -0.1) is 11.3 Å². The van der Waals surface area contributed by atoms with Crippen LogP contribution in [0.1, 0.15) is 22.4 Å². The van der Waals surface area contributed by atoms with Crippen molar-refractivity contribution in [3.8, 4) is 10.4 Å². The summed E-state index contributed by atoms with van der Waals surface area (Å²) in [5.41, 5.74) is 3.83. The minimum atomic E-state index is 0.0770. The lowest BCUT2D eigenvalue weighted by Crippen LogP contribution is -2.41. The van der Waals surface area contributed by atoms with E-state index in [1.807, 2.05) is 37.3 Å². The van der Waals surface area contributed by atoms with Crippen LogP contribution in [-0.4, -0.2) is 43.7 Å². The monoisotopic (exact) mass is 474 g/mol. The van der Waals surface area contributed by atoms with Crippen molar-refractivity contribution < 1.29 is 4.79 Å². The number of amides is 1. The van der Waals surface area contributed by atoms with Crippen LogP contribution in [0.2, 0.25) is 0 Å². The fraction of sp³-hybridized carbons (Fsp3) is 0.346. The van der Waals surface area contributed by atoms with E-state index in [2.05, 4.69) is 47.7 Å². The molecule has 1 saturated carbocycles. The molecule has 1 aliphatic heterocycles. The topological polar surface area (TPSA) is 51.0 Å². The summed E-state index contributed by atoms with van der Waals surface area (Å²) in [4.78, 5) is 26.4. The molecule has 2 aromatic heterocycles. The Morgan fingerprint density at radius 1 is 1.12 bits per heavy atom. The number of aryl methyl sites for hydroxylation is 2. The Morgan fingerprint density at radius 2 is 1.88 bits per heavy atom. The van der Waals surface area contributed by atoms with E-state index in [4.69, 9.17) is 9.97 Å². The van der Waals surface area contributed by atoms with Gasteiger partial charge in [0.25, 0.3) is 5.91 Å². The summed E-state index contributed by atoms with van der Waals surface area (Å²) in [5, 5.41) is 1.94. The van der Waals surface area contributed by atoms with Crippen LogP contribution in [0.4, 0.5) is 0 Å². The summed E-state index contributed by atoms with van der Waals surface area (Å²) in [6.45, 7) is 5.14. The number of para-hydroxylation sites is 2. The second-order valence-corrected chi connectivity index (χ2v) is 11.3. The molecule has 4 atom stereocenters. The first kappa shape index (κ1) is 20.9. The van der Waals surface area contributed by atoms with Crippen LogP contribution in [-0.2, 0) is 7.05 Å². The van der Waals surface area contributed by atoms with E-state index < -0.39 is 0 Å². The lowest BCUT2D eigenvalue weighted by Gasteiger charge is -2.28. The summed E-state index contributed by atoms with van der Waals surface area (Å²) in [7, 11) is 2.07. The molecular weight excluding hydrogens is 448 g/mol. The van der Waals surface area contributed by atoms with Crippen LogP contribution >= 0.6 is 23.1 Å². The van der Waals surface area contributed by atoms with E-state index in [0.717, 1.165) is 43.9 Å². The average Bonchev–Trinajstić information content (AvgIpc) is 3.18. The normalized spacial score (nSPS) is 23.8. The summed E-state index contributed by atoms with van der Waals surface area (Å²) < 4.78 is 2.16. The standard InChI is InChI=1S/C26H26N4OS2/c1-15-18-13-30(25(31)23-24(33-16(2)27-23)17-9-5-4-6-10-17)21(22(15)18)14-32-26-28-19-11-7-8-12-20(19)29(26)3/h4-12,15,18,21-22H,13-14H2,1-3H3/t15-,18+,21-,22-/m1/s1. The van der Waals surface area contributed by atoms with Gasteiger partial charge in [0, 0.05) is 25.4 Å². The van der Waals surface area contributed by atoms with E-state index in [1.54, 1.807) is 23.1 Å². The molecule has 33 heavy (non-hydrogen) atoms. The molecule has 168 valence electrons. The molecule has 1 aliphatic carbocycles. The number of thiazole rings is 1. The minimum Gasteiger partial charge on any atom is -0.333 e. The van der Waals surface area contributed by atoms with E-state index >= 15 is 0 Å². The maximum absolute atomic E-state index is 13.8. The summed E-state index contributed by atoms with van der Waals surface area (Å²) >= 11 is 3.37. The van der Waals surface area contributed by atoms with Gasteiger partial charge in [0.2, 0.25) is 0 Å². The van der Waals surface area contributed by atoms with Crippen molar-refractivity contribution in [1.82, 2.24) is 19.4 Å². The number of carbonyl (C=O) groups excluding carboxylic acids is 1. The number of likely N-dealkylation sites (tertiary alicyclic amines) is 1. The molecule has 0 bridgehead atoms. The summed E-state index contributed by atoms with van der Waals surface area (Å²) in [6.07, 6.45) is 0. The van der Waals surface area contributed by atoms with Crippen molar-refractivity contribution in [2.75, 3.05) is 12.3 Å². The second kappa shape index (κ2) is 7.99. The summed E-state index contributed by atoms with van der Waals surface area (Å²) in [5.74, 6) is 2.81. The van der Waals surface area contributed by atoms with Crippen LogP contribution in [0.25, 0.3) is 21.5 Å². The third kappa shape index (κ3) is 3.49. The molecule has 2 aromatic carbocycles. The fourth-order valence-electron chi connectivity index (χ4n) is 5.41. The van der Waals surface area contributed by atoms with Gasteiger partial charge in [-0.1, -0.05) is 61.2 Å². The first-order chi connectivity index (χ1) is 16.0. The third-order valence-corrected chi connectivity index (χ3v) is 9.40. The Morgan fingerprint density at radius 3 is 2.67 bits per heavy atom. The molecule has 0 unspecified atom stereocenters. The fourth-order valence-corrected chi connectivity index (χ4v) is 7.51. The van der Waals surface area contributed by atoms with Gasteiger partial charge in [0.15, 0.2) is 5.16 Å². The zero-order chi connectivity index (χ0) is 22.7. The molecule has 7 heteroatoms. The van der Waals surface area contributed by atoms with Gasteiger partial charge in [0.05, 0.1) is 20.9 Å². The first-order valence-electron chi connectivity index (χ1n) is 11.4. The highest BCUT2D eigenvalue weighted by Crippen LogP contribution is 2.56. The van der Waals surface area contributed by atoms with Crippen molar-refractivity contribution in [2.45, 2.75) is 25.0 Å². The number of imidazole rings is 1. The zero-order valence-corrected chi connectivity index (χ0v) is 20.6. The number of nitrogens with zero attached hydrogens (tertiary/aromatic N) is 4. The minimum absolute atomic E-state index is 0.0770. The smallest absolute Gasteiger partial charge is 0.274 e. The first-order valence-corrected chi connectivity index (χ1v) is 13.2. The molecule has 4 aromatic rings. The maximum atomic E-state index is 13.8. The van der Waals surface area contributed by atoms with Gasteiger partial charge in [-0.05, 0) is 42.4 Å². The van der Waals surface area contributed by atoms with E-state index in [9.17, 15) is 4.79 Å². The maximum Gasteiger partial charge on any atom is 0.274 e. The highest BCUT2D eigenvalue weighted by molar-refractivity contribution is 7.99. The zero-order valence-electron chi connectivity index (χ0n) is 18.9. The highest BCUT2D eigenvalue weighted by Gasteiger charge is 2.60. The van der Waals surface area contributed by atoms with Gasteiger partial charge < -0.3 is 9.47 Å². The Bertz CT molecular complexity index is 1350. The number of thioether (sulfide) groups is 1. The lowest BCUT2D eigenvalue weighted by atomic mass is 10.1. The Balaban J connectivity index is 1.27. The van der Waals surface area contributed by atoms with E-state index in [-0.39, 0.29) is 11.9 Å². The quantitative estimate of drug-likeness (QED) is 0.358. The Kier molecular flexibility index (Phi) is 5.07. The van der Waals surface area contributed by atoms with Crippen LogP contribution in [0.5, 0.6) is 0 Å². The van der Waals surface area contributed by atoms with Crippen LogP contribution in [0.15, 0.2) is 59.8 Å². The lowest BCUT2D eigenvalue weighted by molar-refractivity contribution is 0.0708. The van der Waals surface area contributed by atoms with Gasteiger partial charge in [-0.25, -0.2) is 9.97 Å². The molecule has 3 heterocycles. The molecule has 5 nitrogen and oxygen atoms in total. The Hall–Kier alpha value is -2.64. The highest BCUT2D eigenvalue weighted by atomic mass is 32.2. The number of fused-ring (bicyclic) bond motifs is 2. The molecule has 0 radical (unpaired) electrons. The number of benzene rings is 2. The van der Waals surface area contributed by atoms with Crippen molar-refractivity contribution >= 4 is 40.0 Å². The van der Waals surface area contributed by atoms with Crippen LogP contribution in [0, 0.1) is 24.7 Å². The van der Waals surface area contributed by atoms with Gasteiger partial charge in [-0.2, -0.15) is 0 Å². The van der Waals surface area contributed by atoms with Crippen molar-refractivity contribution in [1.29, 1.82) is 0 Å². The predicted molar refractivity (Wildman–Crippen MR) is 135 cm³/mol. The number of carbonyl (C=O) groups is 1. The molecular formula is C26H26N4OS2. The van der Waals surface area contributed by atoms with E-state index in [1.165, 1.54) is 0 Å². The number of rotatable bonds is 5. The number of aromatic nitrogens is 3. The number of hydrogen-bond acceptors (Lipinski definition) is 5. The SMILES string of the molecule is Cc1nc(C(=O)N2C[C@H]3[C@@H](C)[C@H]3[C@H]2CSc2nc3ccccc3n2C)c(-c2ccccc2)s1. The van der Waals surface area contributed by atoms with Crippen molar-refractivity contribution in [3.05, 3.63) is 65.3 Å². The molecule has 2 fully saturated rings. The largest absolute Gasteiger partial charge is 0.333 e. The van der Waals surface area contributed by atoms with Crippen LogP contribution in [0.3, 0.4) is 0 Å². The molecule has 2 aliphatic rings. The van der Waals surface area contributed by atoms with Gasteiger partial charge in [-0.3, -0.25) is 4.79 Å². The van der Waals surface area contributed by atoms with Crippen molar-refractivity contribution in [2.24, 2.45) is 24.8 Å².